The molecule has 3 saturated heterocycles. The van der Waals surface area contributed by atoms with E-state index < -0.39 is 213 Å². The Morgan fingerprint density at radius 3 is 0.889 bits per heavy atom. The minimum absolute atomic E-state index is 0.0301. The molecule has 4 aliphatic rings. The van der Waals surface area contributed by atoms with E-state index in [9.17, 15) is 86.6 Å². The maximum absolute atomic E-state index is 14.4. The number of hydrogen-bond donors (Lipinski definition) is 7. The summed E-state index contributed by atoms with van der Waals surface area (Å²) < 4.78 is 105. The zero-order valence-corrected chi connectivity index (χ0v) is 74.7. The molecule has 0 aromatic rings. The van der Waals surface area contributed by atoms with E-state index in [1.54, 1.807) is 11.9 Å². The SMILES string of the molecule is CC(=O)N[C@H]1[C@H](OCCCCCCNC(=O)CCOC2[C@H](OCCC(=O)NCCCCCCO[C@@H]3O[C@H](COC(C)=O)[C@H](OC(C)=O)[C@H](OC(C)=O)[C@H]3NC(C)=O)CC(C(=O)N(C)CCCCCC(=O)O)C[C@H]2OCCC(=O)NCCCCCCO[C@@H]2O[C@H](COC(C)=O)[C@H](OC(C)=O)[C@H](OC(C)=O)[C@H]2NC(C)=O)O[C@H](COC(C)=O)[C@H](OC(C)=O)[C@@H]1OC(C)=O. The van der Waals surface area contributed by atoms with Crippen LogP contribution in [0, 0.1) is 5.92 Å². The van der Waals surface area contributed by atoms with Crippen LogP contribution in [0.5, 0.6) is 0 Å². The van der Waals surface area contributed by atoms with Crippen LogP contribution in [0.1, 0.15) is 218 Å². The monoisotopic (exact) mass is 1800 g/mol. The number of aliphatic carboxylic acids is 1. The van der Waals surface area contributed by atoms with Crippen molar-refractivity contribution in [3.05, 3.63) is 0 Å². The van der Waals surface area contributed by atoms with Gasteiger partial charge in [-0.15, -0.1) is 0 Å². The number of ether oxygens (including phenoxy) is 18. The third kappa shape index (κ3) is 43.4. The van der Waals surface area contributed by atoms with Crippen LogP contribution in [0.15, 0.2) is 0 Å². The maximum Gasteiger partial charge on any atom is 0.303 e. The molecule has 0 spiro atoms. The van der Waals surface area contributed by atoms with Crippen molar-refractivity contribution in [2.45, 2.75) is 328 Å². The standard InChI is InChI=1S/C83H133N7O36/c1-48(91)87-70-77(121-57(10)100)74(118-54(7)97)63(45-115-51(4)94)124-81(70)112-37-26-17-14-22-33-84-66(103)30-40-109-61-43-60(80(108)90(13)36-25-20-21-29-69(106)107)44-62(110-41-31-67(104)85-34-23-15-18-27-38-113-82-71(88-49(2)92)78(122-58(11)101)75(119-55(8)98)64(125-82)46-116-52(5)95)73(61)111-42-32-68(105)86-35-24-16-19-28-39-114-83-72(89-50(3)93)79(123-59(12)102)76(120-56(9)99)65(126-83)47-117-53(6)96/h60-65,70-79,81-83H,14-47H2,1-13H3,(H,84,103)(H,85,104)(H,86,105)(H,87,91)(H,88,92)(H,89,93)(H,106,107)/t60?,61-,62-,63-,64-,65-,70-,71-,72-,73?,74+,75+,76+,77-,78-,79-,81-,82-,83-/m1/s1. The summed E-state index contributed by atoms with van der Waals surface area (Å²) in [7, 11) is 1.64. The largest absolute Gasteiger partial charge is 0.481 e. The van der Waals surface area contributed by atoms with Gasteiger partial charge in [0.25, 0.3) is 0 Å². The van der Waals surface area contributed by atoms with Crippen molar-refractivity contribution in [2.24, 2.45) is 5.92 Å². The highest BCUT2D eigenvalue weighted by atomic mass is 16.7. The second-order valence-corrected chi connectivity index (χ2v) is 31.1. The quantitative estimate of drug-likeness (QED) is 0.0260. The van der Waals surface area contributed by atoms with Crippen molar-refractivity contribution >= 4 is 101 Å². The zero-order valence-electron chi connectivity index (χ0n) is 74.7. The molecule has 0 aromatic carbocycles. The molecule has 1 saturated carbocycles. The highest BCUT2D eigenvalue weighted by Crippen LogP contribution is 2.35. The first-order chi connectivity index (χ1) is 59.8. The van der Waals surface area contributed by atoms with Gasteiger partial charge in [0.2, 0.25) is 41.4 Å². The number of unbranched alkanes of at least 4 members (excludes halogenated alkanes) is 11. The number of carboxylic acid groups (broad SMARTS) is 1. The van der Waals surface area contributed by atoms with Crippen molar-refractivity contribution in [3.63, 3.8) is 0 Å². The smallest absolute Gasteiger partial charge is 0.303 e. The van der Waals surface area contributed by atoms with Crippen molar-refractivity contribution in [3.8, 4) is 0 Å². The zero-order chi connectivity index (χ0) is 93.4. The summed E-state index contributed by atoms with van der Waals surface area (Å²) in [6.45, 7) is 13.8. The number of amides is 7. The van der Waals surface area contributed by atoms with E-state index in [0.717, 1.165) is 41.5 Å². The molecule has 0 aromatic heterocycles. The third-order valence-corrected chi connectivity index (χ3v) is 20.1. The Kier molecular flexibility index (Phi) is 51.6. The number of carboxylic acids is 1. The van der Waals surface area contributed by atoms with Gasteiger partial charge in [-0.05, 0) is 64.2 Å². The number of carbonyl (C=O) groups excluding carboxylic acids is 16. The lowest BCUT2D eigenvalue weighted by atomic mass is 9.82. The van der Waals surface area contributed by atoms with E-state index in [1.807, 2.05) is 0 Å². The lowest BCUT2D eigenvalue weighted by Gasteiger charge is -2.44. The Morgan fingerprint density at radius 1 is 0.317 bits per heavy atom. The number of hydrogen-bond acceptors (Lipinski definition) is 35. The lowest BCUT2D eigenvalue weighted by Crippen LogP contribution is -2.66. The van der Waals surface area contributed by atoms with Crippen molar-refractivity contribution in [1.29, 1.82) is 0 Å². The number of rotatable bonds is 58. The summed E-state index contributed by atoms with van der Waals surface area (Å²) >= 11 is 0. The molecule has 43 heteroatoms. The summed E-state index contributed by atoms with van der Waals surface area (Å²) in [6.07, 6.45) is -9.63. The molecule has 0 radical (unpaired) electrons. The lowest BCUT2D eigenvalue weighted by molar-refractivity contribution is -0.277. The summed E-state index contributed by atoms with van der Waals surface area (Å²) in [6, 6.07) is -3.42. The van der Waals surface area contributed by atoms with E-state index in [-0.39, 0.29) is 121 Å². The molecule has 4 fully saturated rings. The highest BCUT2D eigenvalue weighted by Gasteiger charge is 2.55. The van der Waals surface area contributed by atoms with Crippen molar-refractivity contribution in [1.82, 2.24) is 36.8 Å². The van der Waals surface area contributed by atoms with Gasteiger partial charge in [-0.1, -0.05) is 44.9 Å². The third-order valence-electron chi connectivity index (χ3n) is 20.1. The fourth-order valence-corrected chi connectivity index (χ4v) is 14.6. The van der Waals surface area contributed by atoms with E-state index >= 15 is 0 Å². The van der Waals surface area contributed by atoms with Gasteiger partial charge < -0.3 is 127 Å². The van der Waals surface area contributed by atoms with Crippen LogP contribution in [0.3, 0.4) is 0 Å². The summed E-state index contributed by atoms with van der Waals surface area (Å²) in [5, 5.41) is 25.9. The van der Waals surface area contributed by atoms with Gasteiger partial charge in [0.15, 0.2) is 55.5 Å². The molecule has 3 heterocycles. The second kappa shape index (κ2) is 59.6. The van der Waals surface area contributed by atoms with Crippen LogP contribution in [0.25, 0.3) is 0 Å². The number of carbonyl (C=O) groups is 17. The second-order valence-electron chi connectivity index (χ2n) is 31.1. The highest BCUT2D eigenvalue weighted by molar-refractivity contribution is 5.80. The molecule has 716 valence electrons. The first-order valence-electron chi connectivity index (χ1n) is 43.0. The van der Waals surface area contributed by atoms with Gasteiger partial charge >= 0.3 is 59.7 Å². The Balaban J connectivity index is 1.43. The maximum atomic E-state index is 14.4. The summed E-state index contributed by atoms with van der Waals surface area (Å²) in [5.74, 6) is -11.1. The minimum atomic E-state index is -1.29. The van der Waals surface area contributed by atoms with Crippen LogP contribution in [-0.4, -0.2) is 314 Å². The van der Waals surface area contributed by atoms with Crippen LogP contribution in [0.4, 0.5) is 0 Å². The molecule has 3 aliphatic heterocycles. The van der Waals surface area contributed by atoms with Gasteiger partial charge in [0, 0.05) is 168 Å². The van der Waals surface area contributed by atoms with Gasteiger partial charge in [0.05, 0.1) is 32.0 Å². The van der Waals surface area contributed by atoms with Crippen molar-refractivity contribution < 1.29 is 172 Å². The van der Waals surface area contributed by atoms with Gasteiger partial charge in [0.1, 0.15) is 62.4 Å². The number of nitrogens with one attached hydrogen (secondary N) is 6. The Morgan fingerprint density at radius 2 is 0.603 bits per heavy atom. The number of esters is 9. The predicted molar refractivity (Wildman–Crippen MR) is 434 cm³/mol. The molecule has 0 unspecified atom stereocenters. The minimum Gasteiger partial charge on any atom is -0.481 e. The van der Waals surface area contributed by atoms with Crippen LogP contribution >= 0.6 is 0 Å². The summed E-state index contributed by atoms with van der Waals surface area (Å²) in [4.78, 5) is 214. The molecule has 43 nitrogen and oxygen atoms in total. The normalized spacial score (nSPS) is 25.0. The molecule has 126 heavy (non-hydrogen) atoms. The van der Waals surface area contributed by atoms with Gasteiger partial charge in [-0.3, -0.25) is 81.5 Å². The molecule has 0 bridgehead atoms. The molecular formula is C83H133N7O36. The Bertz CT molecular complexity index is 3360. The average Bonchev–Trinajstić information content (AvgIpc) is 0.794. The molecule has 7 N–H and O–H groups in total. The van der Waals surface area contributed by atoms with Crippen molar-refractivity contribution in [2.75, 3.05) is 92.7 Å². The number of nitrogens with zero attached hydrogens (tertiary/aromatic N) is 1. The molecule has 4 rings (SSSR count). The first-order valence-corrected chi connectivity index (χ1v) is 43.0. The fourth-order valence-electron chi connectivity index (χ4n) is 14.6. The van der Waals surface area contributed by atoms with E-state index in [0.29, 0.717) is 103 Å². The molecule has 17 atom stereocenters. The van der Waals surface area contributed by atoms with Crippen LogP contribution < -0.4 is 31.9 Å². The van der Waals surface area contributed by atoms with E-state index in [2.05, 4.69) is 31.9 Å². The van der Waals surface area contributed by atoms with Gasteiger partial charge in [-0.25, -0.2) is 0 Å². The topological polar surface area (TPSA) is 552 Å². The molecule has 1 aliphatic carbocycles. The molecule has 7 amide bonds. The Labute approximate surface area is 733 Å². The van der Waals surface area contributed by atoms with Crippen LogP contribution in [-0.2, 0) is 167 Å². The van der Waals surface area contributed by atoms with E-state index in [1.165, 1.54) is 41.5 Å². The van der Waals surface area contributed by atoms with Crippen LogP contribution in [0.2, 0.25) is 0 Å². The van der Waals surface area contributed by atoms with Gasteiger partial charge in [-0.2, -0.15) is 0 Å². The fraction of sp³-hybridized carbons (Fsp3) is 0.795. The average molecular weight is 1800 g/mol. The Hall–Kier alpha value is -9.37. The summed E-state index contributed by atoms with van der Waals surface area (Å²) in [5.41, 5.74) is 0. The first kappa shape index (κ1) is 109. The predicted octanol–water partition coefficient (Wildman–Crippen LogP) is 1.87. The van der Waals surface area contributed by atoms with E-state index in [4.69, 9.17) is 85.3 Å². The molecular weight excluding hydrogens is 1670 g/mol.